The molecule has 3 rings (SSSR count). The third-order valence-corrected chi connectivity index (χ3v) is 5.09. The zero-order valence-corrected chi connectivity index (χ0v) is 20.6. The number of amides is 2. The molecule has 8 nitrogen and oxygen atoms in total. The van der Waals surface area contributed by atoms with Crippen LogP contribution in [0.3, 0.4) is 0 Å². The van der Waals surface area contributed by atoms with Gasteiger partial charge in [-0.1, -0.05) is 24.3 Å². The Labute approximate surface area is 217 Å². The van der Waals surface area contributed by atoms with Gasteiger partial charge in [-0.2, -0.15) is 0 Å². The molecule has 1 saturated heterocycles. The average Bonchev–Trinajstić information content (AvgIpc) is 2.96. The number of hydrogen-bond donors (Lipinski definition) is 1. The first-order valence-electron chi connectivity index (χ1n) is 8.54. The summed E-state index contributed by atoms with van der Waals surface area (Å²) in [6, 6.07) is 12.4. The maximum atomic E-state index is 12.5. The minimum absolute atomic E-state index is 0. The van der Waals surface area contributed by atoms with E-state index in [1.165, 1.54) is 18.2 Å². The zero-order chi connectivity index (χ0) is 21.2. The Hall–Kier alpha value is -1.79. The average molecular weight is 452 g/mol. The van der Waals surface area contributed by atoms with Crippen molar-refractivity contribution in [1.82, 2.24) is 5.43 Å². The van der Waals surface area contributed by atoms with Crippen molar-refractivity contribution in [3.63, 3.8) is 0 Å². The predicted molar refractivity (Wildman–Crippen MR) is 108 cm³/mol. The van der Waals surface area contributed by atoms with Crippen LogP contribution in [0.4, 0.5) is 11.4 Å². The summed E-state index contributed by atoms with van der Waals surface area (Å²) in [6.07, 6.45) is 4.78. The van der Waals surface area contributed by atoms with Gasteiger partial charge in [0, 0.05) is 19.8 Å². The summed E-state index contributed by atoms with van der Waals surface area (Å²) in [6.45, 7) is 0. The van der Waals surface area contributed by atoms with Crippen molar-refractivity contribution in [2.45, 2.75) is 4.90 Å². The fourth-order valence-corrected chi connectivity index (χ4v) is 3.13. The van der Waals surface area contributed by atoms with Crippen LogP contribution in [0.25, 0.3) is 6.08 Å². The van der Waals surface area contributed by atoms with Crippen LogP contribution < -0.4 is 66.7 Å². The van der Waals surface area contributed by atoms with Gasteiger partial charge in [-0.25, -0.2) is 13.4 Å². The van der Waals surface area contributed by atoms with Gasteiger partial charge in [0.25, 0.3) is 11.8 Å². The first-order valence-corrected chi connectivity index (χ1v) is 9.95. The van der Waals surface area contributed by atoms with E-state index in [4.69, 9.17) is 0 Å². The normalized spacial score (nSPS) is 15.4. The van der Waals surface area contributed by atoms with Crippen molar-refractivity contribution in [2.75, 3.05) is 24.0 Å². The minimum atomic E-state index is -4.59. The number of nitrogens with one attached hydrogen (secondary N) is 1. The molecule has 0 spiro atoms. The quantitative estimate of drug-likeness (QED) is 0.261. The molecule has 10 heteroatoms. The number of anilines is 2. The van der Waals surface area contributed by atoms with E-state index in [1.807, 2.05) is 43.3 Å². The molecular formula is C20H18KN3O5S. The SMILES string of the molecule is CN(C)c1ccc(/C=C/C=C2\C(=O)NN(c3ccc(S(=O)(=O)[O-])cc3)C2=O)cc1.[K+]. The Kier molecular flexibility index (Phi) is 8.17. The summed E-state index contributed by atoms with van der Waals surface area (Å²) in [4.78, 5) is 26.2. The Morgan fingerprint density at radius 3 is 2.13 bits per heavy atom. The van der Waals surface area contributed by atoms with Crippen LogP contribution in [-0.2, 0) is 19.7 Å². The predicted octanol–water partition coefficient (Wildman–Crippen LogP) is -1.32. The van der Waals surface area contributed by atoms with Gasteiger partial charge < -0.3 is 9.45 Å². The third kappa shape index (κ3) is 5.67. The van der Waals surface area contributed by atoms with Crippen LogP contribution in [0.5, 0.6) is 0 Å². The van der Waals surface area contributed by atoms with E-state index >= 15 is 0 Å². The van der Waals surface area contributed by atoms with Gasteiger partial charge in [-0.3, -0.25) is 15.0 Å². The van der Waals surface area contributed by atoms with Gasteiger partial charge in [0.1, 0.15) is 15.7 Å². The van der Waals surface area contributed by atoms with Gasteiger partial charge in [-0.05, 0) is 48.0 Å². The Morgan fingerprint density at radius 2 is 1.60 bits per heavy atom. The second-order valence-electron chi connectivity index (χ2n) is 6.45. The zero-order valence-electron chi connectivity index (χ0n) is 16.7. The molecule has 0 unspecified atom stereocenters. The van der Waals surface area contributed by atoms with Gasteiger partial charge in [0.15, 0.2) is 0 Å². The molecule has 0 atom stereocenters. The molecule has 2 aromatic rings. The summed E-state index contributed by atoms with van der Waals surface area (Å²) in [7, 11) is -0.702. The number of hydrazine groups is 1. The van der Waals surface area contributed by atoms with E-state index in [0.29, 0.717) is 0 Å². The summed E-state index contributed by atoms with van der Waals surface area (Å²) >= 11 is 0. The van der Waals surface area contributed by atoms with Crippen LogP contribution >= 0.6 is 0 Å². The van der Waals surface area contributed by atoms with Gasteiger partial charge >= 0.3 is 51.4 Å². The Morgan fingerprint density at radius 1 is 1.00 bits per heavy atom. The molecule has 2 amide bonds. The summed E-state index contributed by atoms with van der Waals surface area (Å²) in [5.41, 5.74) is 4.54. The fourth-order valence-electron chi connectivity index (χ4n) is 2.66. The van der Waals surface area contributed by atoms with E-state index in [2.05, 4.69) is 5.43 Å². The van der Waals surface area contributed by atoms with E-state index in [9.17, 15) is 22.6 Å². The van der Waals surface area contributed by atoms with Crippen molar-refractivity contribution < 1.29 is 73.9 Å². The molecule has 150 valence electrons. The molecule has 30 heavy (non-hydrogen) atoms. The molecule has 0 saturated carbocycles. The van der Waals surface area contributed by atoms with Crippen LogP contribution in [0, 0.1) is 0 Å². The molecule has 0 aromatic heterocycles. The third-order valence-electron chi connectivity index (χ3n) is 4.24. The van der Waals surface area contributed by atoms with E-state index in [1.54, 1.807) is 12.2 Å². The fraction of sp³-hybridized carbons (Fsp3) is 0.100. The molecule has 1 heterocycles. The number of carbonyl (C=O) groups is 2. The maximum Gasteiger partial charge on any atom is 1.00 e. The molecular weight excluding hydrogens is 433 g/mol. The van der Waals surface area contributed by atoms with Crippen molar-refractivity contribution >= 4 is 39.4 Å². The van der Waals surface area contributed by atoms with Crippen molar-refractivity contribution in [3.8, 4) is 0 Å². The largest absolute Gasteiger partial charge is 1.00 e. The van der Waals surface area contributed by atoms with Crippen molar-refractivity contribution in [3.05, 3.63) is 71.8 Å². The van der Waals surface area contributed by atoms with E-state index in [-0.39, 0.29) is 62.6 Å². The van der Waals surface area contributed by atoms with E-state index < -0.39 is 26.8 Å². The van der Waals surface area contributed by atoms with Crippen LogP contribution in [0.1, 0.15) is 5.56 Å². The molecule has 0 bridgehead atoms. The number of benzene rings is 2. The summed E-state index contributed by atoms with van der Waals surface area (Å²) in [5, 5.41) is 0.995. The Bertz CT molecular complexity index is 1110. The summed E-state index contributed by atoms with van der Waals surface area (Å²) in [5.74, 6) is -1.16. The second kappa shape index (κ2) is 10.0. The Balaban J connectivity index is 0.00000320. The number of carbonyl (C=O) groups excluding carboxylic acids is 2. The van der Waals surface area contributed by atoms with Crippen molar-refractivity contribution in [2.24, 2.45) is 0 Å². The second-order valence-corrected chi connectivity index (χ2v) is 7.83. The molecule has 2 aromatic carbocycles. The van der Waals surface area contributed by atoms with Crippen LogP contribution in [0.2, 0.25) is 0 Å². The number of allylic oxidation sites excluding steroid dienone is 2. The first kappa shape index (κ1) is 24.5. The smallest absolute Gasteiger partial charge is 0.744 e. The molecule has 1 N–H and O–H groups in total. The first-order chi connectivity index (χ1) is 13.7. The van der Waals surface area contributed by atoms with Crippen LogP contribution in [-0.4, -0.2) is 38.9 Å². The van der Waals surface area contributed by atoms with Gasteiger partial charge in [-0.15, -0.1) is 0 Å². The van der Waals surface area contributed by atoms with Gasteiger partial charge in [0.2, 0.25) is 0 Å². The molecule has 0 aliphatic carbocycles. The van der Waals surface area contributed by atoms with E-state index in [0.717, 1.165) is 28.4 Å². The number of rotatable bonds is 5. The molecule has 1 aliphatic rings. The molecule has 1 aliphatic heterocycles. The standard InChI is InChI=1S/C20H19N3O5S.K/c1-22(2)15-8-6-14(7-9-15)4-3-5-18-19(24)21-23(20(18)25)16-10-12-17(13-11-16)29(26,27)28;/h3-13H,1-2H3,(H,21,24)(H,26,27,28);/q;+1/p-1/b4-3+,18-5+;. The van der Waals surface area contributed by atoms with Crippen LogP contribution in [0.15, 0.2) is 71.2 Å². The van der Waals surface area contributed by atoms with Crippen molar-refractivity contribution in [1.29, 1.82) is 0 Å². The minimum Gasteiger partial charge on any atom is -0.744 e. The number of hydrogen-bond acceptors (Lipinski definition) is 6. The topological polar surface area (TPSA) is 110 Å². The molecule has 1 fully saturated rings. The monoisotopic (exact) mass is 451 g/mol. The van der Waals surface area contributed by atoms with Gasteiger partial charge in [0.05, 0.1) is 10.6 Å². The maximum absolute atomic E-state index is 12.5. The summed E-state index contributed by atoms with van der Waals surface area (Å²) < 4.78 is 33.0. The number of nitrogens with zero attached hydrogens (tertiary/aromatic N) is 2. The molecule has 0 radical (unpaired) electrons.